The van der Waals surface area contributed by atoms with Gasteiger partial charge in [-0.3, -0.25) is 5.32 Å². The van der Waals surface area contributed by atoms with Gasteiger partial charge in [0.1, 0.15) is 0 Å². The molecular weight excluding hydrogens is 408 g/mol. The molecule has 0 aromatic heterocycles. The molecule has 0 bridgehead atoms. The molecule has 0 unspecified atom stereocenters. The zero-order chi connectivity index (χ0) is 20.2. The van der Waals surface area contributed by atoms with Crippen LogP contribution < -0.4 is 10.5 Å². The molecule has 0 atom stereocenters. The largest absolute Gasteiger partial charge is 0.271 e. The van der Waals surface area contributed by atoms with Crippen molar-refractivity contribution in [1.29, 1.82) is 5.26 Å². The molecular formula is C16H16N4O4S3. The van der Waals surface area contributed by atoms with E-state index in [1.807, 2.05) is 6.92 Å². The minimum Gasteiger partial charge on any atom is -0.271 e. The predicted molar refractivity (Wildman–Crippen MR) is 104 cm³/mol. The van der Waals surface area contributed by atoms with Crippen molar-refractivity contribution in [3.8, 4) is 6.19 Å². The summed E-state index contributed by atoms with van der Waals surface area (Å²) in [7, 11) is -8.05. The summed E-state index contributed by atoms with van der Waals surface area (Å²) in [5, 5.41) is 16.3. The molecule has 142 valence electrons. The van der Waals surface area contributed by atoms with Crippen LogP contribution in [0, 0.1) is 18.4 Å². The van der Waals surface area contributed by atoms with Crippen molar-refractivity contribution < 1.29 is 16.8 Å². The first-order chi connectivity index (χ1) is 12.6. The molecule has 11 heteroatoms. The fourth-order valence-corrected chi connectivity index (χ4v) is 4.36. The minimum absolute atomic E-state index is 0.0341. The quantitative estimate of drug-likeness (QED) is 0.330. The first kappa shape index (κ1) is 20.9. The van der Waals surface area contributed by atoms with Crippen molar-refractivity contribution >= 4 is 42.5 Å². The van der Waals surface area contributed by atoms with Gasteiger partial charge in [0.25, 0.3) is 0 Å². The number of rotatable bonds is 4. The number of primary sulfonamides is 1. The average Bonchev–Trinajstić information content (AvgIpc) is 2.60. The summed E-state index contributed by atoms with van der Waals surface area (Å²) < 4.78 is 49.3. The molecule has 0 amide bonds. The first-order valence-electron chi connectivity index (χ1n) is 7.36. The maximum absolute atomic E-state index is 13.0. The monoisotopic (exact) mass is 424 g/mol. The molecule has 27 heavy (non-hydrogen) atoms. The van der Waals surface area contributed by atoms with Gasteiger partial charge in [0, 0.05) is 0 Å². The average molecular weight is 425 g/mol. The first-order valence-corrected chi connectivity index (χ1v) is 11.6. The molecule has 3 N–H and O–H groups in total. The number of nitrogens with two attached hydrogens (primary N) is 1. The summed E-state index contributed by atoms with van der Waals surface area (Å²) in [5.41, 5.74) is 0.744. The van der Waals surface area contributed by atoms with Gasteiger partial charge in [0.15, 0.2) is 11.4 Å². The van der Waals surface area contributed by atoms with E-state index in [4.69, 9.17) is 10.4 Å². The molecule has 0 spiro atoms. The van der Waals surface area contributed by atoms with Gasteiger partial charge in [-0.1, -0.05) is 29.5 Å². The van der Waals surface area contributed by atoms with Gasteiger partial charge >= 0.3 is 0 Å². The lowest BCUT2D eigenvalue weighted by molar-refractivity contribution is 0.593. The van der Waals surface area contributed by atoms with Crippen molar-refractivity contribution in [2.24, 2.45) is 10.1 Å². The smallest absolute Gasteiger partial charge is 0.238 e. The number of hydrogen-bond donors (Lipinski definition) is 2. The highest BCUT2D eigenvalue weighted by molar-refractivity contribution is 8.13. The number of hydrogen-bond acceptors (Lipinski definition) is 7. The lowest BCUT2D eigenvalue weighted by Gasteiger charge is -2.10. The molecule has 0 saturated carbocycles. The molecule has 2 rings (SSSR count). The number of aliphatic imine (C=N–C) groups is 1. The number of sulfonamides is 1. The van der Waals surface area contributed by atoms with E-state index in [9.17, 15) is 16.8 Å². The van der Waals surface area contributed by atoms with Gasteiger partial charge in [-0.15, -0.1) is 0 Å². The van der Waals surface area contributed by atoms with Crippen LogP contribution in [0.1, 0.15) is 5.56 Å². The predicted octanol–water partition coefficient (Wildman–Crippen LogP) is 1.90. The third-order valence-corrected chi connectivity index (χ3v) is 6.77. The molecule has 0 aliphatic heterocycles. The zero-order valence-electron chi connectivity index (χ0n) is 14.4. The van der Waals surface area contributed by atoms with Crippen LogP contribution in [0.4, 0.5) is 5.69 Å². The molecule has 0 radical (unpaired) electrons. The highest BCUT2D eigenvalue weighted by Gasteiger charge is 2.23. The van der Waals surface area contributed by atoms with Crippen molar-refractivity contribution in [2.45, 2.75) is 21.6 Å². The number of nitrogens with zero attached hydrogens (tertiary/aromatic N) is 2. The van der Waals surface area contributed by atoms with Crippen molar-refractivity contribution in [2.75, 3.05) is 6.26 Å². The van der Waals surface area contributed by atoms with Gasteiger partial charge in [-0.25, -0.2) is 27.0 Å². The van der Waals surface area contributed by atoms with Crippen LogP contribution in [0.15, 0.2) is 62.1 Å². The second kappa shape index (κ2) is 8.10. The lowest BCUT2D eigenvalue weighted by Crippen LogP contribution is -2.14. The Kier molecular flexibility index (Phi) is 6.27. The lowest BCUT2D eigenvalue weighted by atomic mass is 10.2. The Balaban J connectivity index is 2.75. The van der Waals surface area contributed by atoms with E-state index in [-0.39, 0.29) is 25.5 Å². The van der Waals surface area contributed by atoms with Gasteiger partial charge in [0.05, 0.1) is 20.4 Å². The molecule has 0 fully saturated rings. The highest BCUT2D eigenvalue weighted by Crippen LogP contribution is 2.32. The van der Waals surface area contributed by atoms with E-state index in [1.54, 1.807) is 24.6 Å². The molecule has 0 aliphatic rings. The summed E-state index contributed by atoms with van der Waals surface area (Å²) in [6, 6.07) is 9.51. The normalized spacial score (nSPS) is 12.4. The van der Waals surface area contributed by atoms with Crippen LogP contribution in [0.2, 0.25) is 0 Å². The highest BCUT2D eigenvalue weighted by atomic mass is 32.2. The van der Waals surface area contributed by atoms with Crippen molar-refractivity contribution in [3.05, 3.63) is 48.0 Å². The van der Waals surface area contributed by atoms with E-state index >= 15 is 0 Å². The summed E-state index contributed by atoms with van der Waals surface area (Å²) in [6.07, 6.45) is 3.31. The number of sulfone groups is 1. The SMILES string of the molecule is CSC(=Nc1cc(S(N)(=O)=O)ccc1S(=O)(=O)c1ccc(C)cc1)NC#N. The molecule has 8 nitrogen and oxygen atoms in total. The summed E-state index contributed by atoms with van der Waals surface area (Å²) in [4.78, 5) is 3.64. The maximum atomic E-state index is 13.0. The third-order valence-electron chi connectivity index (χ3n) is 3.46. The van der Waals surface area contributed by atoms with E-state index < -0.39 is 19.9 Å². The number of aryl methyl sites for hydroxylation is 1. The van der Waals surface area contributed by atoms with Crippen molar-refractivity contribution in [1.82, 2.24) is 5.32 Å². The molecule has 2 aromatic carbocycles. The Bertz CT molecular complexity index is 1130. The minimum atomic E-state index is -4.07. The molecule has 0 saturated heterocycles. The fourth-order valence-electron chi connectivity index (χ4n) is 2.12. The summed E-state index contributed by atoms with van der Waals surface area (Å²) in [6.45, 7) is 1.82. The number of benzene rings is 2. The second-order valence-electron chi connectivity index (χ2n) is 5.35. The van der Waals surface area contributed by atoms with Gasteiger partial charge in [0.2, 0.25) is 19.9 Å². The zero-order valence-corrected chi connectivity index (χ0v) is 16.8. The van der Waals surface area contributed by atoms with E-state index in [0.29, 0.717) is 0 Å². The van der Waals surface area contributed by atoms with E-state index in [1.165, 1.54) is 12.1 Å². The number of thioether (sulfide) groups is 1. The van der Waals surface area contributed by atoms with Gasteiger partial charge in [-0.2, -0.15) is 5.26 Å². The second-order valence-corrected chi connectivity index (χ2v) is 9.62. The standard InChI is InChI=1S/C16H16N4O4S3/c1-11-3-5-12(6-4-11)26(21,22)15-8-7-13(27(18,23)24)9-14(15)20-16(25-2)19-10-17/h3-9H,1-2H3,(H,19,20)(H2,18,23,24). The Hall–Kier alpha value is -2.39. The van der Waals surface area contributed by atoms with Crippen LogP contribution in [-0.2, 0) is 19.9 Å². The van der Waals surface area contributed by atoms with Crippen molar-refractivity contribution in [3.63, 3.8) is 0 Å². The van der Waals surface area contributed by atoms with Gasteiger partial charge in [-0.05, 0) is 43.5 Å². The van der Waals surface area contributed by atoms with E-state index in [0.717, 1.165) is 35.5 Å². The number of amidine groups is 1. The van der Waals surface area contributed by atoms with E-state index in [2.05, 4.69) is 10.3 Å². The third kappa shape index (κ3) is 4.86. The van der Waals surface area contributed by atoms with Crippen LogP contribution in [-0.4, -0.2) is 28.3 Å². The Labute approximate surface area is 162 Å². The topological polar surface area (TPSA) is 142 Å². The summed E-state index contributed by atoms with van der Waals surface area (Å²) in [5.74, 6) is 0. The number of nitrogens with one attached hydrogen (secondary N) is 1. The number of nitriles is 1. The summed E-state index contributed by atoms with van der Waals surface area (Å²) >= 11 is 1.06. The fraction of sp³-hybridized carbons (Fsp3) is 0.125. The van der Waals surface area contributed by atoms with Crippen LogP contribution in [0.25, 0.3) is 0 Å². The van der Waals surface area contributed by atoms with Crippen LogP contribution >= 0.6 is 11.8 Å². The van der Waals surface area contributed by atoms with Gasteiger partial charge < -0.3 is 0 Å². The Morgan fingerprint density at radius 2 is 1.70 bits per heavy atom. The van der Waals surface area contributed by atoms with Crippen LogP contribution in [0.5, 0.6) is 0 Å². The Morgan fingerprint density at radius 3 is 2.22 bits per heavy atom. The molecule has 2 aromatic rings. The van der Waals surface area contributed by atoms with Crippen LogP contribution in [0.3, 0.4) is 0 Å². The maximum Gasteiger partial charge on any atom is 0.238 e. The molecule has 0 aliphatic carbocycles. The molecule has 0 heterocycles. The Morgan fingerprint density at radius 1 is 1.11 bits per heavy atom.